The van der Waals surface area contributed by atoms with Crippen LogP contribution in [-0.2, 0) is 10.0 Å². The van der Waals surface area contributed by atoms with Crippen LogP contribution in [0.1, 0.15) is 29.5 Å². The van der Waals surface area contributed by atoms with Crippen LogP contribution in [0.15, 0.2) is 71.6 Å². The Morgan fingerprint density at radius 2 is 1.80 bits per heavy atom. The molecule has 9 heteroatoms. The van der Waals surface area contributed by atoms with E-state index in [-0.39, 0.29) is 22.8 Å². The van der Waals surface area contributed by atoms with Crippen molar-refractivity contribution < 1.29 is 17.9 Å². The zero-order valence-electron chi connectivity index (χ0n) is 19.1. The van der Waals surface area contributed by atoms with E-state index in [2.05, 4.69) is 22.2 Å². The van der Waals surface area contributed by atoms with Gasteiger partial charge in [0.25, 0.3) is 10.0 Å². The molecule has 0 spiro atoms. The second-order valence-electron chi connectivity index (χ2n) is 8.56. The van der Waals surface area contributed by atoms with Crippen molar-refractivity contribution in [3.05, 3.63) is 87.9 Å². The predicted octanol–water partition coefficient (Wildman–Crippen LogP) is 6.64. The van der Waals surface area contributed by atoms with Crippen LogP contribution < -0.4 is 19.5 Å². The molecule has 2 aliphatic rings. The van der Waals surface area contributed by atoms with Crippen molar-refractivity contribution in [3.63, 3.8) is 0 Å². The van der Waals surface area contributed by atoms with Gasteiger partial charge < -0.3 is 14.8 Å². The van der Waals surface area contributed by atoms with Gasteiger partial charge >= 0.3 is 0 Å². The summed E-state index contributed by atoms with van der Waals surface area (Å²) >= 11 is 12.6. The highest BCUT2D eigenvalue weighted by molar-refractivity contribution is 7.92. The fourth-order valence-corrected chi connectivity index (χ4v) is 6.52. The summed E-state index contributed by atoms with van der Waals surface area (Å²) < 4.78 is 39.8. The molecule has 182 valence electrons. The van der Waals surface area contributed by atoms with Gasteiger partial charge in [-0.05, 0) is 65.9 Å². The molecule has 2 N–H and O–H groups in total. The Hall–Kier alpha value is -2.87. The van der Waals surface area contributed by atoms with Crippen molar-refractivity contribution in [1.29, 1.82) is 0 Å². The molecule has 3 aromatic rings. The van der Waals surface area contributed by atoms with E-state index in [1.54, 1.807) is 36.4 Å². The summed E-state index contributed by atoms with van der Waals surface area (Å²) in [6.45, 7) is 0. The van der Waals surface area contributed by atoms with Crippen molar-refractivity contribution in [3.8, 4) is 11.5 Å². The third-order valence-corrected chi connectivity index (χ3v) is 8.52. The monoisotopic (exact) mass is 530 g/mol. The lowest BCUT2D eigenvalue weighted by molar-refractivity contribution is 0.395. The first kappa shape index (κ1) is 23.9. The predicted molar refractivity (Wildman–Crippen MR) is 140 cm³/mol. The summed E-state index contributed by atoms with van der Waals surface area (Å²) in [5.74, 6) is 1.20. The fraction of sp³-hybridized carbons (Fsp3) is 0.231. The molecule has 0 fully saturated rings. The topological polar surface area (TPSA) is 76.7 Å². The minimum absolute atomic E-state index is 0.0172. The van der Waals surface area contributed by atoms with Gasteiger partial charge in [0.05, 0.1) is 30.8 Å². The molecule has 1 heterocycles. The van der Waals surface area contributed by atoms with Gasteiger partial charge in [0.15, 0.2) is 0 Å². The van der Waals surface area contributed by atoms with E-state index in [1.807, 2.05) is 18.2 Å². The summed E-state index contributed by atoms with van der Waals surface area (Å²) in [6.07, 6.45) is 5.15. The number of anilines is 2. The number of rotatable bonds is 6. The molecule has 3 atom stereocenters. The van der Waals surface area contributed by atoms with Crippen molar-refractivity contribution in [2.24, 2.45) is 5.92 Å². The number of nitrogens with one attached hydrogen (secondary N) is 2. The number of fused-ring (bicyclic) bond motifs is 3. The Balaban J connectivity index is 1.48. The molecule has 1 aliphatic carbocycles. The molecule has 0 radical (unpaired) electrons. The minimum Gasteiger partial charge on any atom is -0.497 e. The number of halogens is 2. The van der Waals surface area contributed by atoms with Crippen molar-refractivity contribution in [2.75, 3.05) is 24.3 Å². The van der Waals surface area contributed by atoms with Gasteiger partial charge in [-0.25, -0.2) is 8.42 Å². The summed E-state index contributed by atoms with van der Waals surface area (Å²) in [6, 6.07) is 15.6. The van der Waals surface area contributed by atoms with Crippen LogP contribution in [0.2, 0.25) is 10.0 Å². The number of ether oxygens (including phenoxy) is 2. The molecule has 0 amide bonds. The van der Waals surface area contributed by atoms with Gasteiger partial charge in [-0.2, -0.15) is 0 Å². The van der Waals surface area contributed by atoms with E-state index in [9.17, 15) is 8.42 Å². The summed E-state index contributed by atoms with van der Waals surface area (Å²) in [4.78, 5) is 0.179. The molecule has 35 heavy (non-hydrogen) atoms. The summed E-state index contributed by atoms with van der Waals surface area (Å²) in [5.41, 5.74) is 3.13. The first-order valence-electron chi connectivity index (χ1n) is 11.1. The average molecular weight is 531 g/mol. The van der Waals surface area contributed by atoms with E-state index in [4.69, 9.17) is 32.7 Å². The molecule has 0 aromatic heterocycles. The zero-order chi connectivity index (χ0) is 24.7. The second-order valence-corrected chi connectivity index (χ2v) is 11.1. The standard InChI is InChI=1S/C26H24Cl2N2O4S/c1-33-16-7-10-24(25(13-16)34-2)30-35(31,32)17-8-11-23-21(14-17)18-4-3-5-19(18)26(29-23)20-9-6-15(27)12-22(20)28/h3-4,6-14,18-19,26,29-30H,5H2,1-2H3/t18-,19+,26-/m0/s1. The van der Waals surface area contributed by atoms with Crippen LogP contribution in [0.25, 0.3) is 0 Å². The summed E-state index contributed by atoms with van der Waals surface area (Å²) in [5, 5.41) is 4.79. The molecule has 0 unspecified atom stereocenters. The SMILES string of the molecule is COc1ccc(NS(=O)(=O)c2ccc3c(c2)[C@H]2C=CC[C@H]2[C@@H](c2ccc(Cl)cc2Cl)N3)c(OC)c1. The lowest BCUT2D eigenvalue weighted by Gasteiger charge is -2.38. The van der Waals surface area contributed by atoms with Gasteiger partial charge in [-0.3, -0.25) is 4.72 Å². The molecule has 1 aliphatic heterocycles. The number of allylic oxidation sites excluding steroid dienone is 2. The number of sulfonamides is 1. The van der Waals surface area contributed by atoms with Crippen LogP contribution >= 0.6 is 23.2 Å². The molecule has 0 bridgehead atoms. The van der Waals surface area contributed by atoms with Crippen LogP contribution in [0.3, 0.4) is 0 Å². The molecule has 3 aromatic carbocycles. The second kappa shape index (κ2) is 9.30. The van der Waals surface area contributed by atoms with Crippen LogP contribution in [-0.4, -0.2) is 22.6 Å². The highest BCUT2D eigenvalue weighted by Crippen LogP contribution is 2.51. The third-order valence-electron chi connectivity index (χ3n) is 6.60. The Morgan fingerprint density at radius 3 is 2.54 bits per heavy atom. The van der Waals surface area contributed by atoms with E-state index >= 15 is 0 Å². The van der Waals surface area contributed by atoms with E-state index in [1.165, 1.54) is 14.2 Å². The summed E-state index contributed by atoms with van der Waals surface area (Å²) in [7, 11) is -0.846. The zero-order valence-corrected chi connectivity index (χ0v) is 21.4. The lowest BCUT2D eigenvalue weighted by atomic mass is 9.77. The maximum absolute atomic E-state index is 13.3. The Kier molecular flexibility index (Phi) is 6.34. The molecular weight excluding hydrogens is 507 g/mol. The maximum atomic E-state index is 13.3. The number of hydrogen-bond acceptors (Lipinski definition) is 5. The maximum Gasteiger partial charge on any atom is 0.262 e. The highest BCUT2D eigenvalue weighted by Gasteiger charge is 2.39. The van der Waals surface area contributed by atoms with Crippen LogP contribution in [0.4, 0.5) is 11.4 Å². The van der Waals surface area contributed by atoms with E-state index in [0.29, 0.717) is 27.2 Å². The van der Waals surface area contributed by atoms with Crippen molar-refractivity contribution in [1.82, 2.24) is 0 Å². The quantitative estimate of drug-likeness (QED) is 0.349. The average Bonchev–Trinajstić information content (AvgIpc) is 3.34. The van der Waals surface area contributed by atoms with Gasteiger partial charge in [-0.1, -0.05) is 41.4 Å². The highest BCUT2D eigenvalue weighted by atomic mass is 35.5. The third kappa shape index (κ3) is 4.44. The van der Waals surface area contributed by atoms with E-state index < -0.39 is 10.0 Å². The van der Waals surface area contributed by atoms with Crippen molar-refractivity contribution >= 4 is 44.6 Å². The van der Waals surface area contributed by atoms with Crippen LogP contribution in [0.5, 0.6) is 11.5 Å². The molecular formula is C26H24Cl2N2O4S. The lowest BCUT2D eigenvalue weighted by Crippen LogP contribution is -2.29. The normalized spacial score (nSPS) is 20.5. The van der Waals surface area contributed by atoms with E-state index in [0.717, 1.165) is 23.2 Å². The minimum atomic E-state index is -3.86. The fourth-order valence-electron chi connectivity index (χ4n) is 4.89. The van der Waals surface area contributed by atoms with Gasteiger partial charge in [-0.15, -0.1) is 0 Å². The molecule has 0 saturated heterocycles. The molecule has 5 rings (SSSR count). The molecule has 0 saturated carbocycles. The van der Waals surface area contributed by atoms with Gasteiger partial charge in [0.2, 0.25) is 0 Å². The van der Waals surface area contributed by atoms with Gasteiger partial charge in [0.1, 0.15) is 11.5 Å². The Bertz CT molecular complexity index is 1420. The van der Waals surface area contributed by atoms with Crippen LogP contribution in [0, 0.1) is 5.92 Å². The molecule has 6 nitrogen and oxygen atoms in total. The largest absolute Gasteiger partial charge is 0.497 e. The number of benzene rings is 3. The van der Waals surface area contributed by atoms with Gasteiger partial charge in [0, 0.05) is 27.7 Å². The number of methoxy groups -OCH3 is 2. The Labute approximate surface area is 214 Å². The first-order valence-corrected chi connectivity index (χ1v) is 13.3. The Morgan fingerprint density at radius 1 is 0.971 bits per heavy atom. The first-order chi connectivity index (χ1) is 16.8. The van der Waals surface area contributed by atoms with Crippen molar-refractivity contribution in [2.45, 2.75) is 23.3 Å². The smallest absolute Gasteiger partial charge is 0.262 e. The number of hydrogen-bond donors (Lipinski definition) is 2.